The minimum absolute atomic E-state index is 0.329. The summed E-state index contributed by atoms with van der Waals surface area (Å²) in [6.07, 6.45) is 6.18. The van der Waals surface area contributed by atoms with Crippen molar-refractivity contribution in [1.82, 2.24) is 0 Å². The van der Waals surface area contributed by atoms with Crippen molar-refractivity contribution in [2.24, 2.45) is 0 Å². The minimum atomic E-state index is 0.329. The molecule has 8 nitrogen and oxygen atoms in total. The number of allylic oxidation sites excluding steroid dienone is 5. The molecular weight excluding hydrogens is 1040 g/mol. The van der Waals surface area contributed by atoms with Gasteiger partial charge in [0.1, 0.15) is 11.5 Å². The third-order valence-electron chi connectivity index (χ3n) is 10.9. The van der Waals surface area contributed by atoms with E-state index in [9.17, 15) is 0 Å². The highest BCUT2D eigenvalue weighted by molar-refractivity contribution is 5.92. The van der Waals surface area contributed by atoms with Crippen molar-refractivity contribution in [2.45, 2.75) is 20.8 Å². The predicted molar refractivity (Wildman–Crippen MR) is 369 cm³/mol. The van der Waals surface area contributed by atoms with E-state index in [0.29, 0.717) is 11.5 Å². The molecule has 0 aliphatic rings. The molecule has 0 heterocycles. The van der Waals surface area contributed by atoms with Crippen LogP contribution in [0.15, 0.2) is 342 Å². The molecule has 11 aromatic carbocycles. The largest absolute Gasteiger partial charge is 0.508 e. The standard InChI is InChI=1S/2C12H11N.2C10H9N.2C7H8O.C6H6.C5H8.C4H6.C3H3N.CHN/c13-12-8-4-7-11(9-12)10-5-2-1-3-6-10;13-12-8-6-11(7-9-12)10-4-2-1-3-5-10;11-10-7-3-5-8-4-1-2-6-9(8)10;11-10-6-5-8-3-1-2-4-9(8)7-10;1-6-2-4-7(8)5-3-6;1-6-3-2-4-7(8)5-6;1-2-4-6-5-3-1;1-4-5(2)3;1-3-4-2;1-2-3-4;1-2/h2*1-9H,13H2;2*1-7H,11H2;2*2-5,8H,1H3;1-6H;4H,1-2H2,3H3;3-4H,1-2H2;2H,1H2;1H. The lowest BCUT2D eigenvalue weighted by molar-refractivity contribution is 0.474. The number of nitrogens with two attached hydrogens (primary N) is 4. The average molecular weight is 1120 g/mol. The number of nitrogen functional groups attached to an aromatic ring is 4. The minimum Gasteiger partial charge on any atom is -0.508 e. The van der Waals surface area contributed by atoms with Crippen LogP contribution in [-0.2, 0) is 0 Å². The van der Waals surface area contributed by atoms with Crippen molar-refractivity contribution in [2.75, 3.05) is 22.9 Å². The molecule has 0 fully saturated rings. The maximum Gasteiger partial charge on any atom is 0.115 e. The fourth-order valence-corrected chi connectivity index (χ4v) is 6.67. The zero-order chi connectivity index (χ0) is 62.9. The van der Waals surface area contributed by atoms with Crippen molar-refractivity contribution in [1.29, 1.82) is 10.5 Å². The topological polar surface area (TPSA) is 192 Å². The van der Waals surface area contributed by atoms with Gasteiger partial charge in [-0.1, -0.05) is 275 Å². The predicted octanol–water partition coefficient (Wildman–Crippen LogP) is 19.7. The second kappa shape index (κ2) is 45.2. The summed E-state index contributed by atoms with van der Waals surface area (Å²) in [7, 11) is 0. The summed E-state index contributed by atoms with van der Waals surface area (Å²) < 4.78 is 0. The van der Waals surface area contributed by atoms with E-state index in [2.05, 4.69) is 94.1 Å². The van der Waals surface area contributed by atoms with Crippen molar-refractivity contribution in [3.8, 4) is 46.4 Å². The fourth-order valence-electron chi connectivity index (χ4n) is 6.67. The lowest BCUT2D eigenvalue weighted by atomic mass is 10.1. The number of fused-ring (bicyclic) bond motifs is 2. The van der Waals surface area contributed by atoms with Gasteiger partial charge in [-0.05, 0) is 131 Å². The Bertz CT molecular complexity index is 3570. The van der Waals surface area contributed by atoms with Crippen LogP contribution in [0.1, 0.15) is 18.1 Å². The molecule has 0 spiro atoms. The summed E-state index contributed by atoms with van der Waals surface area (Å²) in [6.45, 7) is 26.2. The van der Waals surface area contributed by atoms with Gasteiger partial charge in [-0.3, -0.25) is 0 Å². The number of phenolic OH excluding ortho intramolecular Hbond substituents is 2. The molecule has 0 aliphatic heterocycles. The number of rotatable bonds is 4. The molecule has 10 N–H and O–H groups in total. The summed E-state index contributed by atoms with van der Waals surface area (Å²) in [5, 5.41) is 36.4. The molecule has 0 aromatic heterocycles. The smallest absolute Gasteiger partial charge is 0.115 e. The molecule has 0 atom stereocenters. The van der Waals surface area contributed by atoms with Crippen LogP contribution < -0.4 is 22.9 Å². The Kier molecular flexibility index (Phi) is 38.0. The van der Waals surface area contributed by atoms with Crippen LogP contribution in [0.2, 0.25) is 0 Å². The summed E-state index contributed by atoms with van der Waals surface area (Å²) in [5.74, 6) is 0.667. The van der Waals surface area contributed by atoms with Gasteiger partial charge in [0.2, 0.25) is 0 Å². The van der Waals surface area contributed by atoms with Crippen LogP contribution in [0.4, 0.5) is 22.7 Å². The fraction of sp³-hybridized carbons (Fsp3) is 0.0390. The second-order valence-corrected chi connectivity index (χ2v) is 17.8. The Labute approximate surface area is 505 Å². The SMILES string of the molecule is C#N.C=CC#N.C=CC(=C)C.C=CC=C.Cc1ccc(O)cc1.Cc1cccc(O)c1.Nc1ccc(-c2ccccc2)cc1.Nc1ccc2ccccc2c1.Nc1cccc(-c2ccccc2)c1.Nc1cccc2ccccc12.c1ccccc1. The van der Waals surface area contributed by atoms with E-state index < -0.39 is 0 Å². The first kappa shape index (κ1) is 71.4. The summed E-state index contributed by atoms with van der Waals surface area (Å²) in [4.78, 5) is 0. The summed E-state index contributed by atoms with van der Waals surface area (Å²) in [5.41, 5.74) is 34.0. The first-order valence-corrected chi connectivity index (χ1v) is 26.7. The van der Waals surface area contributed by atoms with Crippen LogP contribution >= 0.6 is 0 Å². The van der Waals surface area contributed by atoms with Crippen LogP contribution in [0, 0.1) is 37.0 Å². The van der Waals surface area contributed by atoms with Crippen molar-refractivity contribution in [3.05, 3.63) is 353 Å². The highest BCUT2D eigenvalue weighted by atomic mass is 16.3. The number of anilines is 4. The third-order valence-corrected chi connectivity index (χ3v) is 10.9. The number of aromatic hydroxyl groups is 2. The number of benzene rings is 11. The Morgan fingerprint density at radius 3 is 1.25 bits per heavy atom. The van der Waals surface area contributed by atoms with Gasteiger partial charge < -0.3 is 33.1 Å². The first-order valence-electron chi connectivity index (χ1n) is 26.7. The quantitative estimate of drug-likeness (QED) is 0.0569. The molecule has 8 heteroatoms. The molecule has 0 unspecified atom stereocenters. The normalized spacial score (nSPS) is 8.75. The maximum absolute atomic E-state index is 8.81. The highest BCUT2D eigenvalue weighted by Gasteiger charge is 1.97. The van der Waals surface area contributed by atoms with E-state index in [0.717, 1.165) is 39.3 Å². The molecule has 0 amide bonds. The molecule has 430 valence electrons. The van der Waals surface area contributed by atoms with E-state index in [1.807, 2.05) is 221 Å². The van der Waals surface area contributed by atoms with Gasteiger partial charge >= 0.3 is 0 Å². The van der Waals surface area contributed by atoms with Crippen LogP contribution in [0.25, 0.3) is 43.8 Å². The molecule has 0 aliphatic carbocycles. The van der Waals surface area contributed by atoms with Gasteiger partial charge in [-0.25, -0.2) is 5.26 Å². The van der Waals surface area contributed by atoms with E-state index in [1.54, 1.807) is 48.6 Å². The number of nitrogens with zero attached hydrogens (tertiary/aromatic N) is 2. The lowest BCUT2D eigenvalue weighted by Crippen LogP contribution is -1.84. The monoisotopic (exact) mass is 1120 g/mol. The van der Waals surface area contributed by atoms with Crippen LogP contribution in [0.3, 0.4) is 0 Å². The Morgan fingerprint density at radius 2 is 0.800 bits per heavy atom. The molecular formula is C77H80N6O2. The van der Waals surface area contributed by atoms with E-state index in [-0.39, 0.29) is 0 Å². The number of phenols is 2. The zero-order valence-electron chi connectivity index (χ0n) is 49.1. The summed E-state index contributed by atoms with van der Waals surface area (Å²) in [6, 6.07) is 92.4. The highest BCUT2D eigenvalue weighted by Crippen LogP contribution is 2.22. The summed E-state index contributed by atoms with van der Waals surface area (Å²) >= 11 is 0. The second-order valence-electron chi connectivity index (χ2n) is 17.8. The molecule has 85 heavy (non-hydrogen) atoms. The van der Waals surface area contributed by atoms with Gasteiger partial charge in [0.05, 0.1) is 6.07 Å². The van der Waals surface area contributed by atoms with Crippen LogP contribution in [-0.4, -0.2) is 10.2 Å². The van der Waals surface area contributed by atoms with Crippen molar-refractivity contribution >= 4 is 44.3 Å². The number of hydrogen-bond donors (Lipinski definition) is 6. The maximum atomic E-state index is 8.81. The molecule has 11 aromatic rings. The number of hydrogen-bond acceptors (Lipinski definition) is 8. The van der Waals surface area contributed by atoms with Crippen LogP contribution in [0.5, 0.6) is 11.5 Å². The zero-order valence-corrected chi connectivity index (χ0v) is 49.1. The Hall–Kier alpha value is -11.6. The Balaban J connectivity index is 0.000000482. The van der Waals surface area contributed by atoms with Gasteiger partial charge in [-0.2, -0.15) is 5.26 Å². The van der Waals surface area contributed by atoms with Gasteiger partial charge in [0.15, 0.2) is 0 Å². The molecule has 0 radical (unpaired) electrons. The lowest BCUT2D eigenvalue weighted by Gasteiger charge is -2.01. The average Bonchev–Trinajstić information content (AvgIpc) is 3.67. The third kappa shape index (κ3) is 33.6. The van der Waals surface area contributed by atoms with Gasteiger partial charge in [0, 0.05) is 40.8 Å². The number of aryl methyl sites for hydroxylation is 2. The van der Waals surface area contributed by atoms with E-state index >= 15 is 0 Å². The van der Waals surface area contributed by atoms with E-state index in [1.165, 1.54) is 50.1 Å². The first-order chi connectivity index (χ1) is 41.1. The van der Waals surface area contributed by atoms with Crippen molar-refractivity contribution in [3.63, 3.8) is 0 Å². The molecule has 0 saturated heterocycles. The van der Waals surface area contributed by atoms with Crippen molar-refractivity contribution < 1.29 is 10.2 Å². The van der Waals surface area contributed by atoms with Gasteiger partial charge in [0.25, 0.3) is 0 Å². The van der Waals surface area contributed by atoms with E-state index in [4.69, 9.17) is 43.7 Å². The molecule has 0 saturated carbocycles. The van der Waals surface area contributed by atoms with Gasteiger partial charge in [-0.15, -0.1) is 0 Å². The Morgan fingerprint density at radius 1 is 0.400 bits per heavy atom. The molecule has 0 bridgehead atoms. The molecule has 11 rings (SSSR count). The number of nitriles is 2.